The molecule has 0 saturated heterocycles. The van der Waals surface area contributed by atoms with Crippen molar-refractivity contribution in [2.24, 2.45) is 17.8 Å². The van der Waals surface area contributed by atoms with Crippen LogP contribution in [0.15, 0.2) is 0 Å². The van der Waals surface area contributed by atoms with E-state index in [2.05, 4.69) is 0 Å². The monoisotopic (exact) mass is 176 g/mol. The molecule has 3 nitrogen and oxygen atoms in total. The van der Waals surface area contributed by atoms with Crippen LogP contribution in [0, 0.1) is 17.8 Å². The van der Waals surface area contributed by atoms with E-state index in [4.69, 9.17) is 5.11 Å². The maximum Gasteiger partial charge on any atom is 0.307 e. The molecule has 2 aliphatic rings. The lowest BCUT2D eigenvalue weighted by atomic mass is 10.1. The molecule has 1 N–H and O–H groups in total. The number of fused-ring (bicyclic) bond motifs is 1. The summed E-state index contributed by atoms with van der Waals surface area (Å²) < 4.78 is 25.0. The second-order valence-electron chi connectivity index (χ2n) is 3.33. The highest BCUT2D eigenvalue weighted by Gasteiger charge is 2.72. The Hall–Kier alpha value is -1.00. The zero-order chi connectivity index (χ0) is 9.09. The average Bonchev–Trinajstić information content (AvgIpc) is 2.53. The molecule has 0 aromatic heterocycles. The van der Waals surface area contributed by atoms with Gasteiger partial charge in [0, 0.05) is 12.3 Å². The third-order valence-electron chi connectivity index (χ3n) is 2.61. The van der Waals surface area contributed by atoms with Crippen molar-refractivity contribution in [2.75, 3.05) is 0 Å². The molecule has 12 heavy (non-hydrogen) atoms. The van der Waals surface area contributed by atoms with E-state index in [0.29, 0.717) is 0 Å². The molecular formula is C7H6F2O3. The number of aliphatic carboxylic acids is 1. The minimum absolute atomic E-state index is 0.576. The summed E-state index contributed by atoms with van der Waals surface area (Å²) in [5, 5.41) is 8.45. The minimum Gasteiger partial charge on any atom is -0.481 e. The van der Waals surface area contributed by atoms with E-state index in [1.54, 1.807) is 0 Å². The van der Waals surface area contributed by atoms with Crippen molar-refractivity contribution < 1.29 is 23.5 Å². The molecule has 2 rings (SSSR count). The number of carboxylic acids is 1. The first-order chi connectivity index (χ1) is 5.45. The zero-order valence-corrected chi connectivity index (χ0v) is 5.96. The fraction of sp³-hybridized carbons (Fsp3) is 0.714. The molecule has 2 fully saturated rings. The lowest BCUT2D eigenvalue weighted by molar-refractivity contribution is -0.148. The van der Waals surface area contributed by atoms with E-state index in [9.17, 15) is 18.4 Å². The number of carboxylic acid groups (broad SMARTS) is 1. The fourth-order valence-electron chi connectivity index (χ4n) is 1.96. The van der Waals surface area contributed by atoms with Gasteiger partial charge in [0.05, 0.1) is 5.92 Å². The van der Waals surface area contributed by atoms with Crippen LogP contribution in [0.2, 0.25) is 0 Å². The van der Waals surface area contributed by atoms with Crippen LogP contribution in [0.4, 0.5) is 8.78 Å². The average molecular weight is 176 g/mol. The molecular weight excluding hydrogens is 170 g/mol. The lowest BCUT2D eigenvalue weighted by Gasteiger charge is -2.09. The summed E-state index contributed by atoms with van der Waals surface area (Å²) in [6.07, 6.45) is -0.576. The third-order valence-corrected chi connectivity index (χ3v) is 2.61. The molecule has 0 spiro atoms. The quantitative estimate of drug-likeness (QED) is 0.634. The highest BCUT2D eigenvalue weighted by atomic mass is 19.3. The van der Waals surface area contributed by atoms with E-state index in [0.717, 1.165) is 0 Å². The summed E-state index contributed by atoms with van der Waals surface area (Å²) in [6.45, 7) is 0. The van der Waals surface area contributed by atoms with Gasteiger partial charge >= 0.3 is 11.9 Å². The normalized spacial score (nSPS) is 42.5. The predicted molar refractivity (Wildman–Crippen MR) is 32.7 cm³/mol. The predicted octanol–water partition coefficient (Wildman–Crippen LogP) is 0.541. The minimum atomic E-state index is -3.26. The van der Waals surface area contributed by atoms with Crippen LogP contribution in [-0.4, -0.2) is 22.8 Å². The smallest absolute Gasteiger partial charge is 0.307 e. The Kier molecular flexibility index (Phi) is 1.17. The summed E-state index contributed by atoms with van der Waals surface area (Å²) in [4.78, 5) is 21.1. The number of halogens is 2. The Morgan fingerprint density at radius 1 is 1.58 bits per heavy atom. The second-order valence-corrected chi connectivity index (χ2v) is 3.33. The Balaban J connectivity index is 2.16. The SMILES string of the molecule is O=C(O)C1C2CC(F)(F)C(=O)C21. The number of carbonyl (C=O) groups excluding carboxylic acids is 1. The van der Waals surface area contributed by atoms with Crippen molar-refractivity contribution >= 4 is 11.8 Å². The van der Waals surface area contributed by atoms with Gasteiger partial charge in [0.1, 0.15) is 0 Å². The number of hydrogen-bond donors (Lipinski definition) is 1. The van der Waals surface area contributed by atoms with Gasteiger partial charge in [-0.15, -0.1) is 0 Å². The van der Waals surface area contributed by atoms with Crippen LogP contribution in [0.25, 0.3) is 0 Å². The van der Waals surface area contributed by atoms with Gasteiger partial charge in [-0.2, -0.15) is 8.78 Å². The number of alkyl halides is 2. The molecule has 2 saturated carbocycles. The summed E-state index contributed by atoms with van der Waals surface area (Å²) in [7, 11) is 0. The van der Waals surface area contributed by atoms with Crippen LogP contribution >= 0.6 is 0 Å². The number of ketones is 1. The molecule has 3 atom stereocenters. The van der Waals surface area contributed by atoms with Crippen LogP contribution in [0.1, 0.15) is 6.42 Å². The van der Waals surface area contributed by atoms with Gasteiger partial charge < -0.3 is 5.11 Å². The van der Waals surface area contributed by atoms with Gasteiger partial charge in [0.15, 0.2) is 0 Å². The molecule has 0 heterocycles. The summed E-state index contributed by atoms with van der Waals surface area (Å²) in [5.41, 5.74) is 0. The third kappa shape index (κ3) is 0.735. The van der Waals surface area contributed by atoms with Gasteiger partial charge in [-0.05, 0) is 5.92 Å². The maximum absolute atomic E-state index is 12.5. The van der Waals surface area contributed by atoms with Crippen LogP contribution < -0.4 is 0 Å². The second kappa shape index (κ2) is 1.84. The summed E-state index contributed by atoms with van der Waals surface area (Å²) in [6, 6.07) is 0. The Labute approximate surface area is 66.4 Å². The zero-order valence-electron chi connectivity index (χ0n) is 5.96. The molecule has 0 aromatic carbocycles. The van der Waals surface area contributed by atoms with Gasteiger partial charge in [0.2, 0.25) is 5.78 Å². The summed E-state index contributed by atoms with van der Waals surface area (Å²) >= 11 is 0. The van der Waals surface area contributed by atoms with Crippen LogP contribution in [0.5, 0.6) is 0 Å². The Morgan fingerprint density at radius 2 is 2.17 bits per heavy atom. The van der Waals surface area contributed by atoms with Gasteiger partial charge in [-0.25, -0.2) is 0 Å². The van der Waals surface area contributed by atoms with Crippen molar-refractivity contribution in [2.45, 2.75) is 12.3 Å². The van der Waals surface area contributed by atoms with E-state index in [1.807, 2.05) is 0 Å². The molecule has 3 unspecified atom stereocenters. The van der Waals surface area contributed by atoms with Gasteiger partial charge in [0.25, 0.3) is 0 Å². The first-order valence-electron chi connectivity index (χ1n) is 3.60. The molecule has 66 valence electrons. The standard InChI is InChI=1S/C7H6F2O3/c8-7(9)1-2-3(5(7)10)4(2)6(11)12/h2-4H,1H2,(H,11,12). The molecule has 5 heteroatoms. The number of Topliss-reactive ketones (excluding diaryl/α,β-unsaturated/α-hetero) is 1. The van der Waals surface area contributed by atoms with E-state index < -0.39 is 41.8 Å². The molecule has 0 radical (unpaired) electrons. The Bertz CT molecular complexity index is 274. The first-order valence-corrected chi connectivity index (χ1v) is 3.60. The van der Waals surface area contributed by atoms with Crippen LogP contribution in [0.3, 0.4) is 0 Å². The van der Waals surface area contributed by atoms with Crippen molar-refractivity contribution in [3.05, 3.63) is 0 Å². The van der Waals surface area contributed by atoms with Gasteiger partial charge in [-0.1, -0.05) is 0 Å². The van der Waals surface area contributed by atoms with E-state index in [-0.39, 0.29) is 0 Å². The highest BCUT2D eigenvalue weighted by molar-refractivity contribution is 5.98. The number of rotatable bonds is 1. The topological polar surface area (TPSA) is 54.4 Å². The number of hydrogen-bond acceptors (Lipinski definition) is 2. The van der Waals surface area contributed by atoms with Crippen molar-refractivity contribution in [1.82, 2.24) is 0 Å². The van der Waals surface area contributed by atoms with Crippen LogP contribution in [-0.2, 0) is 9.59 Å². The molecule has 0 aromatic rings. The van der Waals surface area contributed by atoms with E-state index >= 15 is 0 Å². The molecule has 0 aliphatic heterocycles. The largest absolute Gasteiger partial charge is 0.481 e. The van der Waals surface area contributed by atoms with Gasteiger partial charge in [-0.3, -0.25) is 9.59 Å². The number of carbonyl (C=O) groups is 2. The van der Waals surface area contributed by atoms with Crippen molar-refractivity contribution in [1.29, 1.82) is 0 Å². The molecule has 0 bridgehead atoms. The van der Waals surface area contributed by atoms with Crippen molar-refractivity contribution in [3.63, 3.8) is 0 Å². The molecule has 0 amide bonds. The van der Waals surface area contributed by atoms with Crippen molar-refractivity contribution in [3.8, 4) is 0 Å². The first kappa shape index (κ1) is 7.64. The maximum atomic E-state index is 12.5. The Morgan fingerprint density at radius 3 is 2.50 bits per heavy atom. The highest BCUT2D eigenvalue weighted by Crippen LogP contribution is 2.60. The molecule has 2 aliphatic carbocycles. The fourth-order valence-corrected chi connectivity index (χ4v) is 1.96. The summed E-state index contributed by atoms with van der Waals surface area (Å²) in [5.74, 6) is -7.92. The lowest BCUT2D eigenvalue weighted by Crippen LogP contribution is -2.28. The van der Waals surface area contributed by atoms with E-state index in [1.165, 1.54) is 0 Å².